The van der Waals surface area contributed by atoms with E-state index in [2.05, 4.69) is 6.58 Å². The number of methoxy groups -OCH3 is 1. The number of amides is 1. The van der Waals surface area contributed by atoms with Crippen molar-refractivity contribution in [2.45, 2.75) is 12.5 Å². The highest BCUT2D eigenvalue weighted by Gasteiger charge is 2.42. The van der Waals surface area contributed by atoms with Crippen molar-refractivity contribution >= 4 is 50.1 Å². The number of carbonyl (C=O) groups is 1. The molecule has 0 aliphatic carbocycles. The van der Waals surface area contributed by atoms with Gasteiger partial charge in [0.1, 0.15) is 10.9 Å². The predicted molar refractivity (Wildman–Crippen MR) is 111 cm³/mol. The highest BCUT2D eigenvalue weighted by Crippen LogP contribution is 2.37. The van der Waals surface area contributed by atoms with Crippen LogP contribution in [0.4, 0.5) is 0 Å². The van der Waals surface area contributed by atoms with E-state index in [1.54, 1.807) is 31.4 Å². The molecule has 1 atom stereocenters. The molecule has 0 unspecified atom stereocenters. The monoisotopic (exact) mass is 425 g/mol. The summed E-state index contributed by atoms with van der Waals surface area (Å²) in [6, 6.07) is 4.97. The lowest BCUT2D eigenvalue weighted by Gasteiger charge is -2.20. The number of nitrogens with zero attached hydrogens (tertiary/aromatic N) is 1. The molecule has 144 valence electrons. The first-order valence-electron chi connectivity index (χ1n) is 8.24. The van der Waals surface area contributed by atoms with Crippen molar-refractivity contribution < 1.29 is 22.7 Å². The molecular formula is C18H19NO5S3. The molecule has 2 fully saturated rings. The summed E-state index contributed by atoms with van der Waals surface area (Å²) in [5.74, 6) is 0.937. The number of benzene rings is 1. The number of hydrogen-bond donors (Lipinski definition) is 0. The molecule has 0 N–H and O–H groups in total. The molecule has 0 bridgehead atoms. The van der Waals surface area contributed by atoms with Gasteiger partial charge in [0, 0.05) is 0 Å². The van der Waals surface area contributed by atoms with Crippen LogP contribution in [0.5, 0.6) is 11.5 Å². The van der Waals surface area contributed by atoms with E-state index in [9.17, 15) is 13.2 Å². The van der Waals surface area contributed by atoms with Crippen LogP contribution in [-0.2, 0) is 14.6 Å². The molecule has 1 aromatic rings. The first kappa shape index (κ1) is 19.9. The van der Waals surface area contributed by atoms with Gasteiger partial charge >= 0.3 is 0 Å². The van der Waals surface area contributed by atoms with Crippen molar-refractivity contribution in [1.29, 1.82) is 0 Å². The van der Waals surface area contributed by atoms with Gasteiger partial charge in [-0.25, -0.2) is 8.42 Å². The second-order valence-corrected chi connectivity index (χ2v) is 10.0. The Bertz CT molecular complexity index is 923. The Hall–Kier alpha value is -1.84. The van der Waals surface area contributed by atoms with Crippen molar-refractivity contribution in [3.8, 4) is 11.5 Å². The Morgan fingerprint density at radius 3 is 2.81 bits per heavy atom. The fourth-order valence-corrected chi connectivity index (χ4v) is 6.07. The minimum absolute atomic E-state index is 0.0319. The Labute approximate surface area is 168 Å². The van der Waals surface area contributed by atoms with Gasteiger partial charge < -0.3 is 9.47 Å². The van der Waals surface area contributed by atoms with Crippen molar-refractivity contribution in [2.75, 3.05) is 25.2 Å². The summed E-state index contributed by atoms with van der Waals surface area (Å²) in [5, 5.41) is 0. The largest absolute Gasteiger partial charge is 0.493 e. The SMILES string of the molecule is C=CCOc1ccc(/C=C2\SC(=S)N([C@H]3CCS(=O)(=O)C3)C2=O)cc1OC. The molecule has 2 aliphatic heterocycles. The Kier molecular flexibility index (Phi) is 5.92. The molecule has 0 radical (unpaired) electrons. The first-order valence-corrected chi connectivity index (χ1v) is 11.3. The van der Waals surface area contributed by atoms with Crippen LogP contribution in [-0.4, -0.2) is 54.8 Å². The molecule has 0 aromatic heterocycles. The number of thioether (sulfide) groups is 1. The van der Waals surface area contributed by atoms with Gasteiger partial charge in [-0.1, -0.05) is 42.7 Å². The topological polar surface area (TPSA) is 72.9 Å². The summed E-state index contributed by atoms with van der Waals surface area (Å²) in [4.78, 5) is 14.7. The molecular weight excluding hydrogens is 406 g/mol. The number of thiocarbonyl (C=S) groups is 1. The molecule has 1 amide bonds. The van der Waals surface area contributed by atoms with Crippen LogP contribution < -0.4 is 9.47 Å². The van der Waals surface area contributed by atoms with Gasteiger partial charge in [-0.2, -0.15) is 0 Å². The van der Waals surface area contributed by atoms with Crippen LogP contribution >= 0.6 is 24.0 Å². The summed E-state index contributed by atoms with van der Waals surface area (Å²) in [5.41, 5.74) is 0.761. The number of rotatable bonds is 6. The summed E-state index contributed by atoms with van der Waals surface area (Å²) in [7, 11) is -1.56. The molecule has 2 aliphatic rings. The van der Waals surface area contributed by atoms with Crippen molar-refractivity contribution in [1.82, 2.24) is 4.90 Å². The lowest BCUT2D eigenvalue weighted by Crippen LogP contribution is -2.39. The summed E-state index contributed by atoms with van der Waals surface area (Å²) < 4.78 is 34.7. The van der Waals surface area contributed by atoms with Crippen molar-refractivity contribution in [3.05, 3.63) is 41.3 Å². The molecule has 1 aromatic carbocycles. The van der Waals surface area contributed by atoms with Crippen LogP contribution in [0.2, 0.25) is 0 Å². The molecule has 9 heteroatoms. The lowest BCUT2D eigenvalue weighted by molar-refractivity contribution is -0.123. The second-order valence-electron chi connectivity index (χ2n) is 6.12. The van der Waals surface area contributed by atoms with Gasteiger partial charge in [0.25, 0.3) is 5.91 Å². The zero-order valence-corrected chi connectivity index (χ0v) is 17.2. The van der Waals surface area contributed by atoms with Crippen LogP contribution in [0, 0.1) is 0 Å². The Morgan fingerprint density at radius 1 is 1.41 bits per heavy atom. The van der Waals surface area contributed by atoms with E-state index in [0.29, 0.717) is 33.8 Å². The van der Waals surface area contributed by atoms with Gasteiger partial charge in [-0.3, -0.25) is 9.69 Å². The van der Waals surface area contributed by atoms with Crippen LogP contribution in [0.25, 0.3) is 6.08 Å². The zero-order valence-electron chi connectivity index (χ0n) is 14.7. The van der Waals surface area contributed by atoms with E-state index >= 15 is 0 Å². The highest BCUT2D eigenvalue weighted by atomic mass is 32.2. The average molecular weight is 426 g/mol. The second kappa shape index (κ2) is 8.04. The van der Waals surface area contributed by atoms with Gasteiger partial charge in [-0.15, -0.1) is 0 Å². The Morgan fingerprint density at radius 2 is 2.19 bits per heavy atom. The van der Waals surface area contributed by atoms with E-state index in [4.69, 9.17) is 21.7 Å². The lowest BCUT2D eigenvalue weighted by atomic mass is 10.1. The third-order valence-corrected chi connectivity index (χ3v) is 7.32. The number of hydrogen-bond acceptors (Lipinski definition) is 7. The number of ether oxygens (including phenoxy) is 2. The van der Waals surface area contributed by atoms with E-state index in [1.165, 1.54) is 16.7 Å². The molecule has 3 rings (SSSR count). The van der Waals surface area contributed by atoms with Gasteiger partial charge in [0.15, 0.2) is 21.3 Å². The molecule has 2 saturated heterocycles. The Balaban J connectivity index is 1.82. The van der Waals surface area contributed by atoms with Gasteiger partial charge in [0.05, 0.1) is 29.6 Å². The van der Waals surface area contributed by atoms with E-state index in [0.717, 1.165) is 5.56 Å². The first-order chi connectivity index (χ1) is 12.8. The van der Waals surface area contributed by atoms with Crippen LogP contribution in [0.15, 0.2) is 35.8 Å². The smallest absolute Gasteiger partial charge is 0.266 e. The molecule has 0 saturated carbocycles. The van der Waals surface area contributed by atoms with Crippen molar-refractivity contribution in [3.63, 3.8) is 0 Å². The van der Waals surface area contributed by atoms with E-state index < -0.39 is 9.84 Å². The molecule has 6 nitrogen and oxygen atoms in total. The maximum atomic E-state index is 12.8. The minimum atomic E-state index is -3.10. The number of carbonyl (C=O) groups excluding carboxylic acids is 1. The standard InChI is InChI=1S/C18H19NO5S3/c1-3-7-24-14-5-4-12(9-15(14)23-2)10-16-17(20)19(18(25)26-16)13-6-8-27(21,22)11-13/h3-5,9-10,13H,1,6-8,11H2,2H3/b16-10-/t13-/m0/s1. The van der Waals surface area contributed by atoms with Gasteiger partial charge in [0.2, 0.25) is 0 Å². The normalized spacial score (nSPS) is 23.1. The third kappa shape index (κ3) is 4.36. The summed E-state index contributed by atoms with van der Waals surface area (Å²) >= 11 is 6.50. The highest BCUT2D eigenvalue weighted by molar-refractivity contribution is 8.26. The average Bonchev–Trinajstić information content (AvgIpc) is 3.11. The molecule has 27 heavy (non-hydrogen) atoms. The zero-order chi connectivity index (χ0) is 19.6. The molecule has 0 spiro atoms. The van der Waals surface area contributed by atoms with Gasteiger partial charge in [-0.05, 0) is 30.2 Å². The maximum absolute atomic E-state index is 12.8. The quantitative estimate of drug-likeness (QED) is 0.394. The predicted octanol–water partition coefficient (Wildman–Crippen LogP) is 2.65. The summed E-state index contributed by atoms with van der Waals surface area (Å²) in [6.45, 7) is 3.97. The molecule has 2 heterocycles. The fourth-order valence-electron chi connectivity index (χ4n) is 2.97. The third-order valence-electron chi connectivity index (χ3n) is 4.24. The minimum Gasteiger partial charge on any atom is -0.493 e. The maximum Gasteiger partial charge on any atom is 0.266 e. The number of sulfone groups is 1. The van der Waals surface area contributed by atoms with E-state index in [1.807, 2.05) is 6.07 Å². The fraction of sp³-hybridized carbons (Fsp3) is 0.333. The van der Waals surface area contributed by atoms with E-state index in [-0.39, 0.29) is 23.5 Å². The van der Waals surface area contributed by atoms with Crippen LogP contribution in [0.3, 0.4) is 0 Å². The summed E-state index contributed by atoms with van der Waals surface area (Å²) in [6.07, 6.45) is 3.79. The van der Waals surface area contributed by atoms with Crippen LogP contribution in [0.1, 0.15) is 12.0 Å². The van der Waals surface area contributed by atoms with Crippen molar-refractivity contribution in [2.24, 2.45) is 0 Å².